The molecule has 18 heavy (non-hydrogen) atoms. The number of pyridine rings is 1. The predicted octanol–water partition coefficient (Wildman–Crippen LogP) is 1.31. The van der Waals surface area contributed by atoms with Crippen LogP contribution in [0.1, 0.15) is 17.7 Å². The molecular formula is C14H18N4. The number of aromatic nitrogens is 1. The Morgan fingerprint density at radius 3 is 3.06 bits per heavy atom. The van der Waals surface area contributed by atoms with E-state index < -0.39 is 0 Å². The average molecular weight is 242 g/mol. The van der Waals surface area contributed by atoms with Crippen LogP contribution in [0.2, 0.25) is 0 Å². The van der Waals surface area contributed by atoms with Crippen molar-refractivity contribution in [3.63, 3.8) is 0 Å². The van der Waals surface area contributed by atoms with E-state index in [2.05, 4.69) is 21.3 Å². The summed E-state index contributed by atoms with van der Waals surface area (Å²) in [5.74, 6) is 2.55. The molecule has 0 spiro atoms. The van der Waals surface area contributed by atoms with Gasteiger partial charge in [-0.3, -0.25) is 0 Å². The molecule has 1 aromatic rings. The standard InChI is InChI=1S/C14H18N4/c1-10-4-11(6-15)5-14(17-10)18-3-2-12-7-16-8-13(12)9-18/h4-5,12-13,16H,2-3,7-9H2,1H3. The van der Waals surface area contributed by atoms with Crippen molar-refractivity contribution in [1.29, 1.82) is 5.26 Å². The molecule has 1 aromatic heterocycles. The lowest BCUT2D eigenvalue weighted by Crippen LogP contribution is -2.40. The van der Waals surface area contributed by atoms with E-state index in [9.17, 15) is 0 Å². The van der Waals surface area contributed by atoms with Gasteiger partial charge in [-0.15, -0.1) is 0 Å². The largest absolute Gasteiger partial charge is 0.356 e. The number of nitrogens with zero attached hydrogens (tertiary/aromatic N) is 3. The minimum atomic E-state index is 0.712. The molecular weight excluding hydrogens is 224 g/mol. The summed E-state index contributed by atoms with van der Waals surface area (Å²) in [5.41, 5.74) is 1.64. The molecule has 0 amide bonds. The first-order valence-corrected chi connectivity index (χ1v) is 6.61. The maximum Gasteiger partial charge on any atom is 0.130 e. The highest BCUT2D eigenvalue weighted by molar-refractivity contribution is 5.47. The van der Waals surface area contributed by atoms with E-state index in [4.69, 9.17) is 5.26 Å². The third kappa shape index (κ3) is 2.06. The highest BCUT2D eigenvalue weighted by Gasteiger charge is 2.33. The van der Waals surface area contributed by atoms with Gasteiger partial charge in [-0.05, 0) is 50.4 Å². The SMILES string of the molecule is Cc1cc(C#N)cc(N2CCC3CNCC3C2)n1. The first kappa shape index (κ1) is 11.5. The number of aryl methyl sites for hydroxylation is 1. The van der Waals surface area contributed by atoms with Gasteiger partial charge in [-0.25, -0.2) is 4.98 Å². The second kappa shape index (κ2) is 4.58. The molecule has 2 saturated heterocycles. The van der Waals surface area contributed by atoms with Gasteiger partial charge in [0.25, 0.3) is 0 Å². The van der Waals surface area contributed by atoms with Gasteiger partial charge in [-0.2, -0.15) is 5.26 Å². The minimum absolute atomic E-state index is 0.712. The van der Waals surface area contributed by atoms with Crippen LogP contribution in [0.15, 0.2) is 12.1 Å². The van der Waals surface area contributed by atoms with Crippen molar-refractivity contribution in [2.75, 3.05) is 31.1 Å². The van der Waals surface area contributed by atoms with E-state index in [1.54, 1.807) is 0 Å². The van der Waals surface area contributed by atoms with Crippen LogP contribution >= 0.6 is 0 Å². The van der Waals surface area contributed by atoms with Gasteiger partial charge in [-0.1, -0.05) is 0 Å². The molecule has 3 rings (SSSR count). The van der Waals surface area contributed by atoms with Crippen LogP contribution in [0.25, 0.3) is 0 Å². The van der Waals surface area contributed by atoms with E-state index in [-0.39, 0.29) is 0 Å². The quantitative estimate of drug-likeness (QED) is 0.806. The summed E-state index contributed by atoms with van der Waals surface area (Å²) in [7, 11) is 0. The lowest BCUT2D eigenvalue weighted by Gasteiger charge is -2.35. The Hall–Kier alpha value is -1.60. The fraction of sp³-hybridized carbons (Fsp3) is 0.571. The molecule has 0 aliphatic carbocycles. The molecule has 2 atom stereocenters. The third-order valence-electron chi connectivity index (χ3n) is 4.10. The van der Waals surface area contributed by atoms with Crippen molar-refractivity contribution < 1.29 is 0 Å². The Kier molecular flexibility index (Phi) is 2.92. The van der Waals surface area contributed by atoms with Crippen LogP contribution in [0, 0.1) is 30.1 Å². The van der Waals surface area contributed by atoms with Crippen LogP contribution in [0.3, 0.4) is 0 Å². The smallest absolute Gasteiger partial charge is 0.130 e. The lowest BCUT2D eigenvalue weighted by atomic mass is 9.89. The first-order chi connectivity index (χ1) is 8.76. The van der Waals surface area contributed by atoms with Crippen molar-refractivity contribution in [2.24, 2.45) is 11.8 Å². The number of piperidine rings is 1. The van der Waals surface area contributed by atoms with Gasteiger partial charge in [0, 0.05) is 18.8 Å². The summed E-state index contributed by atoms with van der Waals surface area (Å²) < 4.78 is 0. The second-order valence-electron chi connectivity index (χ2n) is 5.38. The molecule has 1 N–H and O–H groups in total. The predicted molar refractivity (Wildman–Crippen MR) is 70.4 cm³/mol. The third-order valence-corrected chi connectivity index (χ3v) is 4.10. The monoisotopic (exact) mass is 242 g/mol. The van der Waals surface area contributed by atoms with E-state index in [0.29, 0.717) is 5.56 Å². The van der Waals surface area contributed by atoms with Gasteiger partial charge in [0.15, 0.2) is 0 Å². The summed E-state index contributed by atoms with van der Waals surface area (Å²) in [6, 6.07) is 5.97. The normalized spacial score (nSPS) is 26.8. The zero-order valence-electron chi connectivity index (χ0n) is 10.7. The zero-order valence-corrected chi connectivity index (χ0v) is 10.7. The summed E-state index contributed by atoms with van der Waals surface area (Å²) in [5, 5.41) is 12.5. The van der Waals surface area contributed by atoms with Crippen LogP contribution in [-0.2, 0) is 0 Å². The molecule has 94 valence electrons. The van der Waals surface area contributed by atoms with Crippen molar-refractivity contribution in [1.82, 2.24) is 10.3 Å². The molecule has 0 aromatic carbocycles. The Morgan fingerprint density at radius 1 is 1.39 bits per heavy atom. The van der Waals surface area contributed by atoms with Crippen LogP contribution in [0.5, 0.6) is 0 Å². The molecule has 3 heterocycles. The summed E-state index contributed by atoms with van der Waals surface area (Å²) in [6.45, 7) is 6.37. The molecule has 0 saturated carbocycles. The second-order valence-corrected chi connectivity index (χ2v) is 5.38. The minimum Gasteiger partial charge on any atom is -0.356 e. The van der Waals surface area contributed by atoms with Crippen LogP contribution < -0.4 is 10.2 Å². The molecule has 2 aliphatic heterocycles. The maximum absolute atomic E-state index is 9.03. The van der Waals surface area contributed by atoms with E-state index in [0.717, 1.165) is 43.0 Å². The number of hydrogen-bond acceptors (Lipinski definition) is 4. The fourth-order valence-corrected chi connectivity index (χ4v) is 3.12. The fourth-order valence-electron chi connectivity index (χ4n) is 3.12. The maximum atomic E-state index is 9.03. The molecule has 4 nitrogen and oxygen atoms in total. The summed E-state index contributed by atoms with van der Waals surface area (Å²) >= 11 is 0. The van der Waals surface area contributed by atoms with E-state index in [1.165, 1.54) is 13.0 Å². The van der Waals surface area contributed by atoms with Crippen LogP contribution in [0.4, 0.5) is 5.82 Å². The van der Waals surface area contributed by atoms with Gasteiger partial charge >= 0.3 is 0 Å². The summed E-state index contributed by atoms with van der Waals surface area (Å²) in [4.78, 5) is 6.91. The number of nitriles is 1. The van der Waals surface area contributed by atoms with Crippen molar-refractivity contribution in [2.45, 2.75) is 13.3 Å². The van der Waals surface area contributed by atoms with Gasteiger partial charge in [0.1, 0.15) is 5.82 Å². The number of rotatable bonds is 1. The Balaban J connectivity index is 1.82. The highest BCUT2D eigenvalue weighted by atomic mass is 15.2. The van der Waals surface area contributed by atoms with Crippen molar-refractivity contribution in [3.8, 4) is 6.07 Å². The molecule has 2 aliphatic rings. The number of anilines is 1. The first-order valence-electron chi connectivity index (χ1n) is 6.61. The summed E-state index contributed by atoms with van der Waals surface area (Å²) in [6.07, 6.45) is 1.23. The molecule has 4 heteroatoms. The Morgan fingerprint density at radius 2 is 2.22 bits per heavy atom. The van der Waals surface area contributed by atoms with Gasteiger partial charge < -0.3 is 10.2 Å². The Labute approximate surface area is 108 Å². The number of fused-ring (bicyclic) bond motifs is 1. The van der Waals surface area contributed by atoms with Gasteiger partial charge in [0.05, 0.1) is 11.6 Å². The molecule has 0 radical (unpaired) electrons. The zero-order chi connectivity index (χ0) is 12.5. The van der Waals surface area contributed by atoms with E-state index >= 15 is 0 Å². The van der Waals surface area contributed by atoms with Crippen molar-refractivity contribution in [3.05, 3.63) is 23.4 Å². The number of nitrogens with one attached hydrogen (secondary N) is 1. The highest BCUT2D eigenvalue weighted by Crippen LogP contribution is 2.29. The molecule has 0 bridgehead atoms. The topological polar surface area (TPSA) is 52.0 Å². The van der Waals surface area contributed by atoms with E-state index in [1.807, 2.05) is 19.1 Å². The number of hydrogen-bond donors (Lipinski definition) is 1. The molecule has 2 fully saturated rings. The molecule has 2 unspecified atom stereocenters. The Bertz CT molecular complexity index is 491. The van der Waals surface area contributed by atoms with Crippen LogP contribution in [-0.4, -0.2) is 31.2 Å². The lowest BCUT2D eigenvalue weighted by molar-refractivity contribution is 0.347. The average Bonchev–Trinajstić information content (AvgIpc) is 2.85. The van der Waals surface area contributed by atoms with Gasteiger partial charge in [0.2, 0.25) is 0 Å². The van der Waals surface area contributed by atoms with Crippen molar-refractivity contribution >= 4 is 5.82 Å².